The number of aliphatic hydroxyl groups is 1. The molecule has 1 heterocycles. The quantitative estimate of drug-likeness (QED) is 0.650. The molecule has 0 aliphatic carbocycles. The first kappa shape index (κ1) is 12.5. The van der Waals surface area contributed by atoms with Crippen molar-refractivity contribution in [2.24, 2.45) is 0 Å². The van der Waals surface area contributed by atoms with E-state index < -0.39 is 6.10 Å². The SMILES string of the molecule is Cc1nn(CC(=O)NCC(C)O)c(C)c1N. The van der Waals surface area contributed by atoms with Crippen LogP contribution in [-0.2, 0) is 11.3 Å². The van der Waals surface area contributed by atoms with Crippen molar-refractivity contribution >= 4 is 11.6 Å². The number of aromatic nitrogens is 2. The molecule has 1 aromatic heterocycles. The van der Waals surface area contributed by atoms with Crippen LogP contribution in [0.1, 0.15) is 18.3 Å². The molecule has 1 atom stereocenters. The molecule has 90 valence electrons. The second kappa shape index (κ2) is 4.98. The van der Waals surface area contributed by atoms with Crippen molar-refractivity contribution in [2.45, 2.75) is 33.4 Å². The molecule has 1 unspecified atom stereocenters. The number of anilines is 1. The summed E-state index contributed by atoms with van der Waals surface area (Å²) in [5.74, 6) is -0.188. The third-order valence-corrected chi connectivity index (χ3v) is 2.33. The maximum absolute atomic E-state index is 11.5. The van der Waals surface area contributed by atoms with Gasteiger partial charge in [0, 0.05) is 6.54 Å². The minimum atomic E-state index is -0.547. The minimum Gasteiger partial charge on any atom is -0.396 e. The number of nitrogen functional groups attached to an aromatic ring is 1. The number of nitrogens with one attached hydrogen (secondary N) is 1. The second-order valence-electron chi connectivity index (χ2n) is 3.90. The summed E-state index contributed by atoms with van der Waals surface area (Å²) in [5, 5.41) is 15.8. The van der Waals surface area contributed by atoms with E-state index in [2.05, 4.69) is 10.4 Å². The van der Waals surface area contributed by atoms with Crippen molar-refractivity contribution in [3.05, 3.63) is 11.4 Å². The number of hydrogen-bond donors (Lipinski definition) is 3. The molecular formula is C10H18N4O2. The van der Waals surface area contributed by atoms with Crippen molar-refractivity contribution < 1.29 is 9.90 Å². The van der Waals surface area contributed by atoms with Crippen LogP contribution in [0.4, 0.5) is 5.69 Å². The summed E-state index contributed by atoms with van der Waals surface area (Å²) in [4.78, 5) is 11.5. The molecule has 16 heavy (non-hydrogen) atoms. The molecular weight excluding hydrogens is 208 g/mol. The van der Waals surface area contributed by atoms with Gasteiger partial charge in [-0.25, -0.2) is 0 Å². The predicted octanol–water partition coefficient (Wildman–Crippen LogP) is -0.421. The fourth-order valence-electron chi connectivity index (χ4n) is 1.32. The lowest BCUT2D eigenvalue weighted by Gasteiger charge is -2.08. The van der Waals surface area contributed by atoms with E-state index in [0.717, 1.165) is 11.4 Å². The number of rotatable bonds is 4. The van der Waals surface area contributed by atoms with Crippen LogP contribution in [0, 0.1) is 13.8 Å². The van der Waals surface area contributed by atoms with E-state index in [0.29, 0.717) is 5.69 Å². The number of aliphatic hydroxyl groups excluding tert-OH is 1. The summed E-state index contributed by atoms with van der Waals surface area (Å²) in [6.45, 7) is 5.59. The maximum Gasteiger partial charge on any atom is 0.241 e. The van der Waals surface area contributed by atoms with Gasteiger partial charge in [0.15, 0.2) is 0 Å². The van der Waals surface area contributed by atoms with E-state index in [1.807, 2.05) is 6.92 Å². The Bertz CT molecular complexity index is 384. The van der Waals surface area contributed by atoms with Gasteiger partial charge in [0.25, 0.3) is 0 Å². The predicted molar refractivity (Wildman–Crippen MR) is 60.8 cm³/mol. The van der Waals surface area contributed by atoms with E-state index in [-0.39, 0.29) is 19.0 Å². The van der Waals surface area contributed by atoms with Gasteiger partial charge in [0.05, 0.1) is 23.2 Å². The lowest BCUT2D eigenvalue weighted by molar-refractivity contribution is -0.122. The van der Waals surface area contributed by atoms with Crippen LogP contribution in [0.2, 0.25) is 0 Å². The van der Waals surface area contributed by atoms with Crippen LogP contribution in [-0.4, -0.2) is 33.4 Å². The molecule has 0 aliphatic rings. The average molecular weight is 226 g/mol. The van der Waals surface area contributed by atoms with Gasteiger partial charge in [0.2, 0.25) is 5.91 Å². The van der Waals surface area contributed by atoms with Gasteiger partial charge in [0.1, 0.15) is 6.54 Å². The Balaban J connectivity index is 2.60. The molecule has 1 aromatic rings. The molecule has 0 radical (unpaired) electrons. The first-order valence-corrected chi connectivity index (χ1v) is 5.16. The van der Waals surface area contributed by atoms with Crippen LogP contribution in [0.25, 0.3) is 0 Å². The van der Waals surface area contributed by atoms with Gasteiger partial charge in [-0.05, 0) is 20.8 Å². The van der Waals surface area contributed by atoms with E-state index in [1.54, 1.807) is 18.5 Å². The molecule has 0 saturated carbocycles. The van der Waals surface area contributed by atoms with Gasteiger partial charge in [-0.1, -0.05) is 0 Å². The van der Waals surface area contributed by atoms with Crippen LogP contribution < -0.4 is 11.1 Å². The van der Waals surface area contributed by atoms with Gasteiger partial charge >= 0.3 is 0 Å². The van der Waals surface area contributed by atoms with Crippen LogP contribution in [0.15, 0.2) is 0 Å². The number of hydrogen-bond acceptors (Lipinski definition) is 4. The Morgan fingerprint density at radius 3 is 2.69 bits per heavy atom. The van der Waals surface area contributed by atoms with E-state index in [1.165, 1.54) is 0 Å². The molecule has 0 bridgehead atoms. The molecule has 0 aromatic carbocycles. The summed E-state index contributed by atoms with van der Waals surface area (Å²) in [5.41, 5.74) is 7.86. The molecule has 0 aliphatic heterocycles. The van der Waals surface area contributed by atoms with Crippen LogP contribution in [0.3, 0.4) is 0 Å². The zero-order valence-electron chi connectivity index (χ0n) is 9.82. The summed E-state index contributed by atoms with van der Waals surface area (Å²) < 4.78 is 1.56. The lowest BCUT2D eigenvalue weighted by Crippen LogP contribution is -2.33. The Hall–Kier alpha value is -1.56. The molecule has 6 heteroatoms. The third kappa shape index (κ3) is 2.96. The van der Waals surface area contributed by atoms with Gasteiger partial charge in [-0.15, -0.1) is 0 Å². The topological polar surface area (TPSA) is 93.2 Å². The highest BCUT2D eigenvalue weighted by Gasteiger charge is 2.11. The fraction of sp³-hybridized carbons (Fsp3) is 0.600. The monoisotopic (exact) mass is 226 g/mol. The summed E-state index contributed by atoms with van der Waals surface area (Å²) >= 11 is 0. The molecule has 1 rings (SSSR count). The normalized spacial score (nSPS) is 12.5. The van der Waals surface area contributed by atoms with Crippen molar-refractivity contribution in [2.75, 3.05) is 12.3 Å². The van der Waals surface area contributed by atoms with Crippen molar-refractivity contribution in [3.63, 3.8) is 0 Å². The number of amides is 1. The number of aryl methyl sites for hydroxylation is 1. The first-order chi connectivity index (χ1) is 7.41. The Morgan fingerprint density at radius 1 is 1.62 bits per heavy atom. The van der Waals surface area contributed by atoms with Gasteiger partial charge in [-0.2, -0.15) is 5.10 Å². The molecule has 0 fully saturated rings. The van der Waals surface area contributed by atoms with E-state index in [4.69, 9.17) is 10.8 Å². The summed E-state index contributed by atoms with van der Waals surface area (Å²) in [6.07, 6.45) is -0.547. The van der Waals surface area contributed by atoms with Crippen molar-refractivity contribution in [3.8, 4) is 0 Å². The van der Waals surface area contributed by atoms with Crippen molar-refractivity contribution in [1.29, 1.82) is 0 Å². The largest absolute Gasteiger partial charge is 0.396 e. The Kier molecular flexibility index (Phi) is 3.89. The minimum absolute atomic E-state index is 0.122. The highest BCUT2D eigenvalue weighted by Crippen LogP contribution is 2.14. The van der Waals surface area contributed by atoms with Gasteiger partial charge in [-0.3, -0.25) is 9.48 Å². The molecule has 0 spiro atoms. The number of nitrogens with zero attached hydrogens (tertiary/aromatic N) is 2. The highest BCUT2D eigenvalue weighted by atomic mass is 16.3. The lowest BCUT2D eigenvalue weighted by atomic mass is 10.3. The smallest absolute Gasteiger partial charge is 0.241 e. The standard InChI is InChI=1S/C10H18N4O2/c1-6(15)4-12-9(16)5-14-8(3)10(11)7(2)13-14/h6,15H,4-5,11H2,1-3H3,(H,12,16). The molecule has 0 saturated heterocycles. The summed E-state index contributed by atoms with van der Waals surface area (Å²) in [6, 6.07) is 0. The third-order valence-electron chi connectivity index (χ3n) is 2.33. The van der Waals surface area contributed by atoms with E-state index in [9.17, 15) is 4.79 Å². The Labute approximate surface area is 94.4 Å². The zero-order chi connectivity index (χ0) is 12.3. The number of nitrogens with two attached hydrogens (primary N) is 1. The van der Waals surface area contributed by atoms with Crippen LogP contribution in [0.5, 0.6) is 0 Å². The number of carbonyl (C=O) groups is 1. The first-order valence-electron chi connectivity index (χ1n) is 5.16. The maximum atomic E-state index is 11.5. The molecule has 4 N–H and O–H groups in total. The highest BCUT2D eigenvalue weighted by molar-refractivity contribution is 5.75. The number of carbonyl (C=O) groups excluding carboxylic acids is 1. The average Bonchev–Trinajstić information content (AvgIpc) is 2.43. The Morgan fingerprint density at radius 2 is 2.25 bits per heavy atom. The van der Waals surface area contributed by atoms with Crippen molar-refractivity contribution in [1.82, 2.24) is 15.1 Å². The summed E-state index contributed by atoms with van der Waals surface area (Å²) in [7, 11) is 0. The van der Waals surface area contributed by atoms with E-state index >= 15 is 0 Å². The zero-order valence-corrected chi connectivity index (χ0v) is 9.82. The molecule has 1 amide bonds. The van der Waals surface area contributed by atoms with Gasteiger partial charge < -0.3 is 16.2 Å². The molecule has 6 nitrogen and oxygen atoms in total. The fourth-order valence-corrected chi connectivity index (χ4v) is 1.32. The van der Waals surface area contributed by atoms with Crippen LogP contribution >= 0.6 is 0 Å². The second-order valence-corrected chi connectivity index (χ2v) is 3.90.